The van der Waals surface area contributed by atoms with Crippen molar-refractivity contribution >= 4 is 28.9 Å². The topological polar surface area (TPSA) is 40.5 Å². The van der Waals surface area contributed by atoms with Gasteiger partial charge in [0.05, 0.1) is 0 Å². The Labute approximate surface area is 201 Å². The highest BCUT2D eigenvalue weighted by atomic mass is 32.9. The molecule has 0 radical (unpaired) electrons. The molecule has 31 heavy (non-hydrogen) atoms. The highest BCUT2D eigenvalue weighted by Crippen LogP contribution is 2.45. The summed E-state index contributed by atoms with van der Waals surface area (Å²) >= 11 is 4.03. The summed E-state index contributed by atoms with van der Waals surface area (Å²) < 4.78 is 0. The van der Waals surface area contributed by atoms with E-state index < -0.39 is 5.69 Å². The third-order valence-corrected chi connectivity index (χ3v) is 8.91. The Kier molecular flexibility index (Phi) is 17.5. The smallest absolute Gasteiger partial charge is 0.304 e. The van der Waals surface area contributed by atoms with Crippen molar-refractivity contribution in [1.82, 2.24) is 0 Å². The van der Waals surface area contributed by atoms with Gasteiger partial charge in [-0.2, -0.15) is 0 Å². The summed E-state index contributed by atoms with van der Waals surface area (Å²) in [4.78, 5) is 20.9. The summed E-state index contributed by atoms with van der Waals surface area (Å²) in [5, 5.41) is 0. The van der Waals surface area contributed by atoms with Crippen molar-refractivity contribution in [3.8, 4) is 0 Å². The van der Waals surface area contributed by atoms with E-state index in [-0.39, 0.29) is 0 Å². The average Bonchev–Trinajstić information content (AvgIpc) is 2.72. The molecule has 5 heteroatoms. The van der Waals surface area contributed by atoms with Crippen LogP contribution < -0.4 is 0 Å². The zero-order valence-electron chi connectivity index (χ0n) is 20.2. The van der Waals surface area contributed by atoms with Crippen molar-refractivity contribution in [3.05, 3.63) is 29.3 Å². The number of hydrogen-bond donors (Lipinski definition) is 3. The highest BCUT2D eigenvalue weighted by molar-refractivity contribution is 8.62. The van der Waals surface area contributed by atoms with E-state index in [0.29, 0.717) is 0 Å². The lowest BCUT2D eigenvalue weighted by molar-refractivity contribution is 0.502. The maximum atomic E-state index is 9.93. The third-order valence-electron chi connectivity index (χ3n) is 6.03. The van der Waals surface area contributed by atoms with Crippen molar-refractivity contribution in [2.45, 2.75) is 134 Å². The largest absolute Gasteiger partial charge is 0.434 e. The maximum absolute atomic E-state index is 9.93. The van der Waals surface area contributed by atoms with Gasteiger partial charge in [-0.3, -0.25) is 0 Å². The Morgan fingerprint density at radius 2 is 1.13 bits per heavy atom. The summed E-state index contributed by atoms with van der Waals surface area (Å²) in [5.74, 6) is 0. The Morgan fingerprint density at radius 3 is 1.61 bits per heavy atom. The summed E-state index contributed by atoms with van der Waals surface area (Å²) in [7, 11) is 1.16. The predicted molar refractivity (Wildman–Crippen MR) is 145 cm³/mol. The lowest BCUT2D eigenvalue weighted by Crippen LogP contribution is -1.99. The molecule has 0 fully saturated rings. The molecule has 0 aliphatic rings. The van der Waals surface area contributed by atoms with Crippen LogP contribution in [0, 0.1) is 0 Å². The molecule has 0 atom stereocenters. The fraction of sp³-hybridized carbons (Fsp3) is 0.769. The van der Waals surface area contributed by atoms with Gasteiger partial charge in [0.15, 0.2) is 0 Å². The molecule has 0 aliphatic carbocycles. The number of unbranched alkanes of at least 4 members (excludes halogenated alkanes) is 14. The molecule has 0 saturated carbocycles. The molecule has 0 spiro atoms. The summed E-state index contributed by atoms with van der Waals surface area (Å²) in [6, 6.07) is 6.36. The van der Waals surface area contributed by atoms with Crippen LogP contribution in [0.5, 0.6) is 0 Å². The fourth-order valence-corrected chi connectivity index (χ4v) is 7.07. The number of aryl methyl sites for hydroxylation is 1. The van der Waals surface area contributed by atoms with Crippen LogP contribution >= 0.6 is 17.9 Å². The van der Waals surface area contributed by atoms with Crippen LogP contribution in [0.25, 0.3) is 0 Å². The van der Waals surface area contributed by atoms with E-state index in [2.05, 4.69) is 38.2 Å². The number of hydrogen-bond acceptors (Lipinski definition) is 0. The van der Waals surface area contributed by atoms with Crippen LogP contribution in [0.2, 0.25) is 0 Å². The fourth-order valence-electron chi connectivity index (χ4n) is 4.23. The standard InChI is InChI=1S/C26H48O2PS2/c1-3-5-7-9-11-13-15-17-20-24-21-19-23-26(31-29(27,28)30)25(24)22-18-16-14-12-10-8-6-4-2/h19,21,23,27-28,30H,3-18,20,22H2,1-2H3/q+1. The first kappa shape index (κ1) is 29.2. The summed E-state index contributed by atoms with van der Waals surface area (Å²) in [6.07, 6.45) is 23.3. The second-order valence-electron chi connectivity index (χ2n) is 8.95. The quantitative estimate of drug-likeness (QED) is 0.0788. The van der Waals surface area contributed by atoms with Crippen molar-refractivity contribution in [2.24, 2.45) is 0 Å². The number of thiol groups is 1. The van der Waals surface area contributed by atoms with Crippen molar-refractivity contribution in [3.63, 3.8) is 0 Å². The van der Waals surface area contributed by atoms with Gasteiger partial charge in [-0.15, -0.1) is 0 Å². The third kappa shape index (κ3) is 15.6. The summed E-state index contributed by atoms with van der Waals surface area (Å²) in [5.41, 5.74) is -0.445. The zero-order valence-corrected chi connectivity index (χ0v) is 22.8. The molecule has 2 nitrogen and oxygen atoms in total. The van der Waals surface area contributed by atoms with Crippen LogP contribution in [0.3, 0.4) is 0 Å². The van der Waals surface area contributed by atoms with Gasteiger partial charge >= 0.3 is 5.69 Å². The van der Waals surface area contributed by atoms with Crippen molar-refractivity contribution in [2.75, 3.05) is 0 Å². The van der Waals surface area contributed by atoms with Crippen LogP contribution in [-0.2, 0) is 23.8 Å². The molecule has 180 valence electrons. The Bertz CT molecular complexity index is 620. The number of rotatable bonds is 19. The molecule has 0 aliphatic heterocycles. The molecule has 0 aromatic heterocycles. The van der Waals surface area contributed by atoms with E-state index in [0.717, 1.165) is 28.7 Å². The monoisotopic (exact) mass is 487 g/mol. The lowest BCUT2D eigenvalue weighted by atomic mass is 9.96. The first-order chi connectivity index (χ1) is 15.0. The second-order valence-corrected chi connectivity index (χ2v) is 15.2. The van der Waals surface area contributed by atoms with E-state index >= 15 is 0 Å². The molecule has 0 saturated heterocycles. The minimum absolute atomic E-state index is 1.02. The molecule has 0 bridgehead atoms. The van der Waals surface area contributed by atoms with E-state index in [9.17, 15) is 9.79 Å². The van der Waals surface area contributed by atoms with Gasteiger partial charge in [-0.1, -0.05) is 116 Å². The summed E-state index contributed by atoms with van der Waals surface area (Å²) in [6.45, 7) is 4.53. The Balaban J connectivity index is 2.55. The second kappa shape index (κ2) is 18.6. The molecule has 2 N–H and O–H groups in total. The van der Waals surface area contributed by atoms with Crippen molar-refractivity contribution < 1.29 is 9.79 Å². The van der Waals surface area contributed by atoms with Gasteiger partial charge in [0.2, 0.25) is 4.90 Å². The predicted octanol–water partition coefficient (Wildman–Crippen LogP) is 9.09. The number of benzene rings is 1. The Hall–Kier alpha value is 0.140. The molecule has 1 rings (SSSR count). The van der Waals surface area contributed by atoms with Gasteiger partial charge in [0.1, 0.15) is 0 Å². The van der Waals surface area contributed by atoms with E-state index in [1.54, 1.807) is 0 Å². The van der Waals surface area contributed by atoms with Gasteiger partial charge in [0, 0.05) is 11.6 Å². The molecule has 0 amide bonds. The first-order valence-corrected chi connectivity index (χ1v) is 17.1. The van der Waals surface area contributed by atoms with Crippen LogP contribution in [0.1, 0.15) is 128 Å². The highest BCUT2D eigenvalue weighted by Gasteiger charge is 2.23. The van der Waals surface area contributed by atoms with E-state index in [4.69, 9.17) is 0 Å². The molecule has 0 unspecified atom stereocenters. The molecular formula is C26H48O2PS2+. The lowest BCUT2D eigenvalue weighted by Gasteiger charge is -2.10. The minimum Gasteiger partial charge on any atom is -0.304 e. The van der Waals surface area contributed by atoms with Crippen LogP contribution in [0.15, 0.2) is 23.1 Å². The van der Waals surface area contributed by atoms with E-state index in [1.165, 1.54) is 114 Å². The molecular weight excluding hydrogens is 439 g/mol. The molecule has 0 heterocycles. The normalized spacial score (nSPS) is 11.8. The van der Waals surface area contributed by atoms with Gasteiger partial charge < -0.3 is 9.79 Å². The average molecular weight is 488 g/mol. The van der Waals surface area contributed by atoms with Crippen molar-refractivity contribution in [1.29, 1.82) is 0 Å². The Morgan fingerprint density at radius 1 is 0.677 bits per heavy atom. The van der Waals surface area contributed by atoms with Gasteiger partial charge in [-0.05, 0) is 43.5 Å². The van der Waals surface area contributed by atoms with Crippen LogP contribution in [0.4, 0.5) is 0 Å². The maximum Gasteiger partial charge on any atom is 0.434 e. The van der Waals surface area contributed by atoms with E-state index in [1.807, 2.05) is 6.07 Å². The SMILES string of the molecule is CCCCCCCCCCc1cccc([S+]=P(O)(O)S)c1CCCCCCCCCC. The van der Waals surface area contributed by atoms with Gasteiger partial charge in [0.25, 0.3) is 10.9 Å². The molecule has 1 aromatic rings. The first-order valence-electron chi connectivity index (χ1n) is 12.9. The van der Waals surface area contributed by atoms with Gasteiger partial charge in [-0.25, -0.2) is 0 Å². The van der Waals surface area contributed by atoms with Crippen LogP contribution in [-0.4, -0.2) is 9.79 Å². The zero-order chi connectivity index (χ0) is 22.8. The molecule has 1 aromatic carbocycles. The minimum atomic E-state index is -3.18.